The van der Waals surface area contributed by atoms with Crippen molar-refractivity contribution in [2.24, 2.45) is 0 Å². The van der Waals surface area contributed by atoms with Crippen molar-refractivity contribution in [1.29, 1.82) is 0 Å². The molecule has 1 fully saturated rings. The Morgan fingerprint density at radius 3 is 2.58 bits per heavy atom. The van der Waals surface area contributed by atoms with Crippen molar-refractivity contribution < 1.29 is 23.9 Å². The van der Waals surface area contributed by atoms with Gasteiger partial charge in [-0.1, -0.05) is 36.2 Å². The van der Waals surface area contributed by atoms with Gasteiger partial charge in [-0.2, -0.15) is 0 Å². The van der Waals surface area contributed by atoms with E-state index in [1.165, 1.54) is 7.11 Å². The van der Waals surface area contributed by atoms with Gasteiger partial charge < -0.3 is 14.8 Å². The first kappa shape index (κ1) is 24.7. The molecule has 1 aliphatic heterocycles. The molecule has 3 amide bonds. The molecule has 0 saturated carbocycles. The zero-order valence-corrected chi connectivity index (χ0v) is 20.4. The highest BCUT2D eigenvalue weighted by molar-refractivity contribution is 8.18. The molecule has 2 aromatic rings. The van der Waals surface area contributed by atoms with Crippen LogP contribution in [0.5, 0.6) is 11.5 Å². The predicted molar refractivity (Wildman–Crippen MR) is 131 cm³/mol. The average molecular weight is 489 g/mol. The van der Waals surface area contributed by atoms with Crippen LogP contribution >= 0.6 is 23.4 Å². The number of aryl methyl sites for hydroxylation is 1. The Bertz CT molecular complexity index is 1100. The van der Waals surface area contributed by atoms with Crippen LogP contribution in [0.4, 0.5) is 10.5 Å². The van der Waals surface area contributed by atoms with Gasteiger partial charge in [-0.3, -0.25) is 19.3 Å². The molecule has 9 heteroatoms. The van der Waals surface area contributed by atoms with Gasteiger partial charge in [0.05, 0.1) is 23.1 Å². The largest absolute Gasteiger partial charge is 0.493 e. The normalized spacial score (nSPS) is 15.7. The van der Waals surface area contributed by atoms with E-state index in [1.54, 1.807) is 30.3 Å². The van der Waals surface area contributed by atoms with Crippen LogP contribution < -0.4 is 14.8 Å². The van der Waals surface area contributed by atoms with Crippen LogP contribution in [0.2, 0.25) is 5.02 Å². The number of hydrogen-bond acceptors (Lipinski definition) is 6. The molecule has 0 spiro atoms. The lowest BCUT2D eigenvalue weighted by Crippen LogP contribution is -2.36. The highest BCUT2D eigenvalue weighted by atomic mass is 35.5. The van der Waals surface area contributed by atoms with E-state index in [9.17, 15) is 14.4 Å². The van der Waals surface area contributed by atoms with Gasteiger partial charge >= 0.3 is 0 Å². The van der Waals surface area contributed by atoms with Crippen molar-refractivity contribution in [1.82, 2.24) is 4.90 Å². The maximum absolute atomic E-state index is 12.8. The van der Waals surface area contributed by atoms with Crippen molar-refractivity contribution in [3.8, 4) is 11.5 Å². The SMILES string of the molecule is CCC(C)Oc1c(Cl)cc(/C=C2\SC(=O)N(CC(=O)Nc3ccc(C)cc3)C2=O)cc1OC. The molecule has 7 nitrogen and oxygen atoms in total. The number of imide groups is 1. The number of carbonyl (C=O) groups is 3. The minimum absolute atomic E-state index is 0.0511. The standard InChI is InChI=1S/C24H25ClN2O5S/c1-5-15(3)32-22-18(25)10-16(11-19(22)31-4)12-20-23(29)27(24(30)33-20)13-21(28)26-17-8-6-14(2)7-9-17/h6-12,15H,5,13H2,1-4H3,(H,26,28)/b20-12-. The molecule has 0 bridgehead atoms. The van der Waals surface area contributed by atoms with Gasteiger partial charge in [-0.05, 0) is 67.9 Å². The van der Waals surface area contributed by atoms with E-state index in [0.29, 0.717) is 27.8 Å². The first-order valence-electron chi connectivity index (χ1n) is 10.4. The molecule has 0 aliphatic carbocycles. The third kappa shape index (κ3) is 6.09. The van der Waals surface area contributed by atoms with Crippen LogP contribution in [0.3, 0.4) is 0 Å². The summed E-state index contributed by atoms with van der Waals surface area (Å²) in [6.45, 7) is 5.49. The Hall–Kier alpha value is -2.97. The predicted octanol–water partition coefficient (Wildman–Crippen LogP) is 5.51. The molecular weight excluding hydrogens is 464 g/mol. The molecule has 2 aromatic carbocycles. The number of nitrogens with one attached hydrogen (secondary N) is 1. The van der Waals surface area contributed by atoms with Gasteiger partial charge in [0, 0.05) is 5.69 Å². The number of amides is 3. The number of ether oxygens (including phenoxy) is 2. The summed E-state index contributed by atoms with van der Waals surface area (Å²) in [6, 6.07) is 10.6. The van der Waals surface area contributed by atoms with E-state index in [-0.39, 0.29) is 17.6 Å². The van der Waals surface area contributed by atoms with Crippen LogP contribution in [0.25, 0.3) is 6.08 Å². The van der Waals surface area contributed by atoms with Crippen molar-refractivity contribution in [3.05, 3.63) is 57.5 Å². The fraction of sp³-hybridized carbons (Fsp3) is 0.292. The Morgan fingerprint density at radius 2 is 1.94 bits per heavy atom. The van der Waals surface area contributed by atoms with E-state index in [0.717, 1.165) is 28.6 Å². The van der Waals surface area contributed by atoms with Gasteiger partial charge in [0.25, 0.3) is 11.1 Å². The van der Waals surface area contributed by atoms with E-state index in [2.05, 4.69) is 5.32 Å². The molecule has 1 saturated heterocycles. The molecule has 3 rings (SSSR count). The Kier molecular flexibility index (Phi) is 8.05. The number of carbonyl (C=O) groups excluding carboxylic acids is 3. The number of nitrogens with zero attached hydrogens (tertiary/aromatic N) is 1. The van der Waals surface area contributed by atoms with Crippen molar-refractivity contribution in [2.45, 2.75) is 33.3 Å². The fourth-order valence-corrected chi connectivity index (χ4v) is 4.09. The van der Waals surface area contributed by atoms with Gasteiger partial charge in [-0.25, -0.2) is 0 Å². The van der Waals surface area contributed by atoms with E-state index in [1.807, 2.05) is 32.9 Å². The number of thioether (sulfide) groups is 1. The molecule has 174 valence electrons. The number of benzene rings is 2. The van der Waals surface area contributed by atoms with E-state index in [4.69, 9.17) is 21.1 Å². The third-order valence-corrected chi connectivity index (χ3v) is 6.14. The average Bonchev–Trinajstić information content (AvgIpc) is 3.04. The van der Waals surface area contributed by atoms with Crippen LogP contribution in [0, 0.1) is 6.92 Å². The molecular formula is C24H25ClN2O5S. The van der Waals surface area contributed by atoms with Gasteiger partial charge in [0.1, 0.15) is 6.54 Å². The minimum Gasteiger partial charge on any atom is -0.493 e. The molecule has 1 aliphatic rings. The summed E-state index contributed by atoms with van der Waals surface area (Å²) in [5.74, 6) is -0.157. The zero-order chi connectivity index (χ0) is 24.1. The summed E-state index contributed by atoms with van der Waals surface area (Å²) in [4.78, 5) is 38.6. The fourth-order valence-electron chi connectivity index (χ4n) is 2.99. The second kappa shape index (κ2) is 10.8. The topological polar surface area (TPSA) is 84.9 Å². The summed E-state index contributed by atoms with van der Waals surface area (Å²) in [5.41, 5.74) is 2.22. The molecule has 0 radical (unpaired) electrons. The monoisotopic (exact) mass is 488 g/mol. The van der Waals surface area contributed by atoms with Crippen molar-refractivity contribution >= 4 is 52.2 Å². The maximum Gasteiger partial charge on any atom is 0.294 e. The van der Waals surface area contributed by atoms with Gasteiger partial charge in [-0.15, -0.1) is 0 Å². The number of hydrogen-bond donors (Lipinski definition) is 1. The van der Waals surface area contributed by atoms with Crippen molar-refractivity contribution in [3.63, 3.8) is 0 Å². The smallest absolute Gasteiger partial charge is 0.294 e. The second-order valence-corrected chi connectivity index (χ2v) is 8.95. The third-order valence-electron chi connectivity index (χ3n) is 4.95. The highest BCUT2D eigenvalue weighted by Gasteiger charge is 2.36. The number of rotatable bonds is 8. The van der Waals surface area contributed by atoms with Crippen LogP contribution in [0.1, 0.15) is 31.4 Å². The van der Waals surface area contributed by atoms with Crippen molar-refractivity contribution in [2.75, 3.05) is 19.0 Å². The molecule has 33 heavy (non-hydrogen) atoms. The molecule has 1 unspecified atom stereocenters. The lowest BCUT2D eigenvalue weighted by Gasteiger charge is -2.17. The highest BCUT2D eigenvalue weighted by Crippen LogP contribution is 2.39. The summed E-state index contributed by atoms with van der Waals surface area (Å²) < 4.78 is 11.2. The summed E-state index contributed by atoms with van der Waals surface area (Å²) >= 11 is 7.16. The van der Waals surface area contributed by atoms with E-state index >= 15 is 0 Å². The van der Waals surface area contributed by atoms with Crippen LogP contribution in [0.15, 0.2) is 41.3 Å². The summed E-state index contributed by atoms with van der Waals surface area (Å²) in [5, 5.41) is 2.51. The Balaban J connectivity index is 1.75. The first-order valence-corrected chi connectivity index (χ1v) is 11.6. The Labute approximate surface area is 202 Å². The van der Waals surface area contributed by atoms with Gasteiger partial charge in [0.2, 0.25) is 5.91 Å². The lowest BCUT2D eigenvalue weighted by molar-refractivity contribution is -0.127. The lowest BCUT2D eigenvalue weighted by atomic mass is 10.1. The zero-order valence-electron chi connectivity index (χ0n) is 18.8. The van der Waals surface area contributed by atoms with E-state index < -0.39 is 17.1 Å². The molecule has 1 atom stereocenters. The first-order chi connectivity index (χ1) is 15.7. The quantitative estimate of drug-likeness (QED) is 0.493. The van der Waals surface area contributed by atoms with Crippen LogP contribution in [-0.2, 0) is 9.59 Å². The maximum atomic E-state index is 12.8. The second-order valence-electron chi connectivity index (χ2n) is 7.55. The summed E-state index contributed by atoms with van der Waals surface area (Å²) in [7, 11) is 1.50. The summed E-state index contributed by atoms with van der Waals surface area (Å²) in [6.07, 6.45) is 2.29. The number of methoxy groups -OCH3 is 1. The molecule has 1 N–H and O–H groups in total. The molecule has 1 heterocycles. The molecule has 0 aromatic heterocycles. The Morgan fingerprint density at radius 1 is 1.24 bits per heavy atom. The van der Waals surface area contributed by atoms with Gasteiger partial charge in [0.15, 0.2) is 11.5 Å². The van der Waals surface area contributed by atoms with Crippen LogP contribution in [-0.4, -0.2) is 41.7 Å². The minimum atomic E-state index is -0.543. The number of halogens is 1. The number of anilines is 1.